The Hall–Kier alpha value is -0.870. The number of rotatable bonds is 1. The molecule has 94 valence electrons. The van der Waals surface area contributed by atoms with Gasteiger partial charge in [-0.2, -0.15) is 0 Å². The Labute approximate surface area is 102 Å². The monoisotopic (exact) mass is 237 g/mol. The molecule has 4 heteroatoms. The number of nitrogens with zero attached hydrogens (tertiary/aromatic N) is 1. The van der Waals surface area contributed by atoms with Crippen LogP contribution in [0.25, 0.3) is 0 Å². The minimum Gasteiger partial charge on any atom is -0.347 e. The number of carbonyl (C=O) groups is 1. The lowest BCUT2D eigenvalue weighted by atomic mass is 10.00. The molecule has 0 aromatic rings. The molecule has 0 aromatic heterocycles. The minimum atomic E-state index is -0.370. The van der Waals surface area contributed by atoms with E-state index in [4.69, 9.17) is 9.47 Å². The van der Waals surface area contributed by atoms with Gasteiger partial charge in [0.05, 0.1) is 13.2 Å². The van der Waals surface area contributed by atoms with Gasteiger partial charge in [-0.25, -0.2) is 0 Å². The Balaban J connectivity index is 1.55. The number of hydrogen-bond donors (Lipinski definition) is 0. The van der Waals surface area contributed by atoms with E-state index in [0.717, 1.165) is 38.8 Å². The molecule has 0 N–H and O–H groups in total. The summed E-state index contributed by atoms with van der Waals surface area (Å²) in [5.41, 5.74) is 0. The summed E-state index contributed by atoms with van der Waals surface area (Å²) >= 11 is 0. The van der Waals surface area contributed by atoms with E-state index in [1.807, 2.05) is 4.90 Å². The maximum atomic E-state index is 12.2. The van der Waals surface area contributed by atoms with Crippen molar-refractivity contribution >= 4 is 5.91 Å². The van der Waals surface area contributed by atoms with Crippen LogP contribution in [-0.2, 0) is 14.3 Å². The summed E-state index contributed by atoms with van der Waals surface area (Å²) in [6.45, 7) is 2.94. The Morgan fingerprint density at radius 1 is 1.12 bits per heavy atom. The van der Waals surface area contributed by atoms with Crippen LogP contribution in [0.4, 0.5) is 0 Å². The van der Waals surface area contributed by atoms with Crippen molar-refractivity contribution < 1.29 is 14.3 Å². The Morgan fingerprint density at radius 2 is 1.71 bits per heavy atom. The summed E-state index contributed by atoms with van der Waals surface area (Å²) in [4.78, 5) is 14.2. The second-order valence-corrected chi connectivity index (χ2v) is 5.07. The van der Waals surface area contributed by atoms with Crippen LogP contribution in [0.15, 0.2) is 12.2 Å². The zero-order valence-corrected chi connectivity index (χ0v) is 10.1. The second kappa shape index (κ2) is 4.42. The number of allylic oxidation sites excluding steroid dienone is 2. The van der Waals surface area contributed by atoms with Crippen LogP contribution in [0.1, 0.15) is 25.7 Å². The fourth-order valence-corrected chi connectivity index (χ4v) is 2.93. The number of hydrogen-bond acceptors (Lipinski definition) is 3. The van der Waals surface area contributed by atoms with Crippen LogP contribution in [0, 0.1) is 5.92 Å². The second-order valence-electron chi connectivity index (χ2n) is 5.07. The van der Waals surface area contributed by atoms with Gasteiger partial charge in [0.25, 0.3) is 0 Å². The first-order chi connectivity index (χ1) is 8.29. The molecule has 2 saturated heterocycles. The number of piperidine rings is 1. The van der Waals surface area contributed by atoms with E-state index in [2.05, 4.69) is 12.2 Å². The average molecular weight is 237 g/mol. The van der Waals surface area contributed by atoms with Crippen molar-refractivity contribution in [2.45, 2.75) is 31.5 Å². The van der Waals surface area contributed by atoms with Crippen LogP contribution < -0.4 is 0 Å². The standard InChI is InChI=1S/C13H19NO3/c15-12(11-3-1-2-4-11)14-7-5-13(6-8-14)16-9-10-17-13/h1-2,11H,3-10H2. The van der Waals surface area contributed by atoms with Gasteiger partial charge >= 0.3 is 0 Å². The van der Waals surface area contributed by atoms with Crippen molar-refractivity contribution in [3.8, 4) is 0 Å². The number of ether oxygens (including phenoxy) is 2. The predicted octanol–water partition coefficient (Wildman–Crippen LogP) is 1.32. The normalized spacial score (nSPS) is 28.1. The summed E-state index contributed by atoms with van der Waals surface area (Å²) in [7, 11) is 0. The van der Waals surface area contributed by atoms with Crippen LogP contribution in [-0.4, -0.2) is 42.9 Å². The third-order valence-corrected chi connectivity index (χ3v) is 4.01. The number of carbonyl (C=O) groups excluding carboxylic acids is 1. The van der Waals surface area contributed by atoms with E-state index >= 15 is 0 Å². The van der Waals surface area contributed by atoms with Gasteiger partial charge in [0.2, 0.25) is 5.91 Å². The molecule has 3 rings (SSSR count). The molecular weight excluding hydrogens is 218 g/mol. The molecule has 0 saturated carbocycles. The van der Waals surface area contributed by atoms with Gasteiger partial charge in [0.1, 0.15) is 0 Å². The largest absolute Gasteiger partial charge is 0.347 e. The fourth-order valence-electron chi connectivity index (χ4n) is 2.93. The molecule has 0 aromatic carbocycles. The molecule has 3 aliphatic rings. The summed E-state index contributed by atoms with van der Waals surface area (Å²) in [5.74, 6) is 0.127. The maximum absolute atomic E-state index is 12.2. The lowest BCUT2D eigenvalue weighted by Crippen LogP contribution is -2.48. The third-order valence-electron chi connectivity index (χ3n) is 4.01. The van der Waals surface area contributed by atoms with Gasteiger partial charge < -0.3 is 14.4 Å². The van der Waals surface area contributed by atoms with Crippen molar-refractivity contribution in [1.29, 1.82) is 0 Å². The van der Waals surface area contributed by atoms with Gasteiger partial charge in [-0.05, 0) is 12.8 Å². The highest BCUT2D eigenvalue weighted by atomic mass is 16.7. The van der Waals surface area contributed by atoms with E-state index in [0.29, 0.717) is 19.1 Å². The molecule has 1 amide bonds. The SMILES string of the molecule is O=C(C1CC=CC1)N1CCC2(CC1)OCCO2. The van der Waals surface area contributed by atoms with E-state index in [-0.39, 0.29) is 11.7 Å². The Morgan fingerprint density at radius 3 is 2.29 bits per heavy atom. The molecule has 0 bridgehead atoms. The zero-order valence-electron chi connectivity index (χ0n) is 10.1. The van der Waals surface area contributed by atoms with Gasteiger partial charge in [-0.15, -0.1) is 0 Å². The minimum absolute atomic E-state index is 0.189. The lowest BCUT2D eigenvalue weighted by Gasteiger charge is -2.38. The highest BCUT2D eigenvalue weighted by Gasteiger charge is 2.41. The molecule has 1 aliphatic carbocycles. The van der Waals surface area contributed by atoms with Crippen LogP contribution in [0.2, 0.25) is 0 Å². The van der Waals surface area contributed by atoms with Crippen molar-refractivity contribution in [3.63, 3.8) is 0 Å². The van der Waals surface area contributed by atoms with Gasteiger partial charge in [-0.3, -0.25) is 4.79 Å². The summed E-state index contributed by atoms with van der Waals surface area (Å²) in [5, 5.41) is 0. The average Bonchev–Trinajstić information content (AvgIpc) is 3.01. The first-order valence-electron chi connectivity index (χ1n) is 6.51. The van der Waals surface area contributed by atoms with Crippen molar-refractivity contribution in [3.05, 3.63) is 12.2 Å². The topological polar surface area (TPSA) is 38.8 Å². The summed E-state index contributed by atoms with van der Waals surface area (Å²) < 4.78 is 11.3. The molecule has 1 spiro atoms. The molecular formula is C13H19NO3. The number of likely N-dealkylation sites (tertiary alicyclic amines) is 1. The predicted molar refractivity (Wildman–Crippen MR) is 62.3 cm³/mol. The van der Waals surface area contributed by atoms with Crippen LogP contribution >= 0.6 is 0 Å². The highest BCUT2D eigenvalue weighted by molar-refractivity contribution is 5.79. The molecule has 4 nitrogen and oxygen atoms in total. The molecule has 0 atom stereocenters. The summed E-state index contributed by atoms with van der Waals surface area (Å²) in [6, 6.07) is 0. The maximum Gasteiger partial charge on any atom is 0.226 e. The molecule has 17 heavy (non-hydrogen) atoms. The molecule has 2 fully saturated rings. The molecule has 0 radical (unpaired) electrons. The van der Waals surface area contributed by atoms with Crippen LogP contribution in [0.5, 0.6) is 0 Å². The van der Waals surface area contributed by atoms with Gasteiger partial charge in [0, 0.05) is 31.8 Å². The molecule has 2 heterocycles. The van der Waals surface area contributed by atoms with Gasteiger partial charge in [0.15, 0.2) is 5.79 Å². The van der Waals surface area contributed by atoms with Crippen molar-refractivity contribution in [2.75, 3.05) is 26.3 Å². The first kappa shape index (κ1) is 11.2. The fraction of sp³-hybridized carbons (Fsp3) is 0.769. The van der Waals surface area contributed by atoms with Crippen LogP contribution in [0.3, 0.4) is 0 Å². The van der Waals surface area contributed by atoms with Crippen molar-refractivity contribution in [2.24, 2.45) is 5.92 Å². The van der Waals surface area contributed by atoms with E-state index in [9.17, 15) is 4.79 Å². The first-order valence-corrected chi connectivity index (χ1v) is 6.51. The Bertz CT molecular complexity index is 316. The quantitative estimate of drug-likeness (QED) is 0.646. The van der Waals surface area contributed by atoms with Gasteiger partial charge in [-0.1, -0.05) is 12.2 Å². The van der Waals surface area contributed by atoms with Crippen molar-refractivity contribution in [1.82, 2.24) is 4.90 Å². The smallest absolute Gasteiger partial charge is 0.226 e. The van der Waals surface area contributed by atoms with E-state index < -0.39 is 0 Å². The Kier molecular flexibility index (Phi) is 2.92. The molecule has 2 aliphatic heterocycles. The third kappa shape index (κ3) is 2.11. The number of amides is 1. The van der Waals surface area contributed by atoms with E-state index in [1.165, 1.54) is 0 Å². The molecule has 0 unspecified atom stereocenters. The lowest BCUT2D eigenvalue weighted by molar-refractivity contribution is -0.188. The highest BCUT2D eigenvalue weighted by Crippen LogP contribution is 2.32. The van der Waals surface area contributed by atoms with E-state index in [1.54, 1.807) is 0 Å². The summed E-state index contributed by atoms with van der Waals surface area (Å²) in [6.07, 6.45) is 7.67. The zero-order chi connectivity index (χ0) is 11.7.